The van der Waals surface area contributed by atoms with Gasteiger partial charge in [-0.1, -0.05) is 0 Å². The molecule has 5 nitrogen and oxygen atoms in total. The van der Waals surface area contributed by atoms with Gasteiger partial charge in [0.1, 0.15) is 0 Å². The van der Waals surface area contributed by atoms with Crippen LogP contribution in [-0.4, -0.2) is 49.1 Å². The summed E-state index contributed by atoms with van der Waals surface area (Å²) in [7, 11) is 1.73. The van der Waals surface area contributed by atoms with Crippen molar-refractivity contribution >= 4 is 11.6 Å². The maximum atomic E-state index is 12.7. The van der Waals surface area contributed by atoms with Crippen molar-refractivity contribution in [1.29, 1.82) is 0 Å². The molecule has 1 N–H and O–H groups in total. The van der Waals surface area contributed by atoms with Crippen molar-refractivity contribution < 1.29 is 9.53 Å². The van der Waals surface area contributed by atoms with Crippen molar-refractivity contribution in [3.8, 4) is 0 Å². The monoisotopic (exact) mass is 291 g/mol. The van der Waals surface area contributed by atoms with Crippen LogP contribution in [-0.2, 0) is 4.74 Å². The molecule has 1 aliphatic heterocycles. The number of pyridine rings is 1. The molecule has 2 heterocycles. The summed E-state index contributed by atoms with van der Waals surface area (Å²) >= 11 is 0. The number of anilines is 1. The van der Waals surface area contributed by atoms with E-state index >= 15 is 0 Å². The van der Waals surface area contributed by atoms with E-state index in [0.717, 1.165) is 50.5 Å². The molecule has 1 amide bonds. The third-order valence-corrected chi connectivity index (χ3v) is 3.94. The summed E-state index contributed by atoms with van der Waals surface area (Å²) < 4.78 is 5.20. The molecule has 0 saturated carbocycles. The van der Waals surface area contributed by atoms with Gasteiger partial charge in [-0.15, -0.1) is 0 Å². The average Bonchev–Trinajstić information content (AvgIpc) is 2.48. The first-order chi connectivity index (χ1) is 10.2. The molecule has 1 fully saturated rings. The lowest BCUT2D eigenvalue weighted by atomic mass is 9.97. The maximum Gasteiger partial charge on any atom is 0.257 e. The SMILES string of the molecule is CCNc1cc(C)ncc1C(=O)N1CCC(COC)CC1. The number of ether oxygens (including phenoxy) is 1. The molecule has 21 heavy (non-hydrogen) atoms. The molecule has 0 bridgehead atoms. The normalized spacial score (nSPS) is 16.0. The summed E-state index contributed by atoms with van der Waals surface area (Å²) in [5, 5.41) is 3.26. The number of likely N-dealkylation sites (tertiary alicyclic amines) is 1. The fourth-order valence-corrected chi connectivity index (χ4v) is 2.78. The quantitative estimate of drug-likeness (QED) is 0.904. The highest BCUT2D eigenvalue weighted by atomic mass is 16.5. The molecule has 1 saturated heterocycles. The van der Waals surface area contributed by atoms with E-state index in [1.807, 2.05) is 24.8 Å². The molecule has 0 spiro atoms. The van der Waals surface area contributed by atoms with Crippen LogP contribution >= 0.6 is 0 Å². The lowest BCUT2D eigenvalue weighted by Gasteiger charge is -2.32. The first-order valence-electron chi connectivity index (χ1n) is 7.64. The van der Waals surface area contributed by atoms with Crippen molar-refractivity contribution in [3.05, 3.63) is 23.5 Å². The van der Waals surface area contributed by atoms with E-state index in [0.29, 0.717) is 11.5 Å². The topological polar surface area (TPSA) is 54.5 Å². The van der Waals surface area contributed by atoms with Gasteiger partial charge in [-0.25, -0.2) is 0 Å². The second-order valence-corrected chi connectivity index (χ2v) is 5.59. The molecular weight excluding hydrogens is 266 g/mol. The summed E-state index contributed by atoms with van der Waals surface area (Å²) in [6.07, 6.45) is 3.71. The summed E-state index contributed by atoms with van der Waals surface area (Å²) in [6, 6.07) is 1.94. The second-order valence-electron chi connectivity index (χ2n) is 5.59. The molecule has 0 radical (unpaired) electrons. The minimum absolute atomic E-state index is 0.0781. The average molecular weight is 291 g/mol. The van der Waals surface area contributed by atoms with Crippen molar-refractivity contribution in [2.24, 2.45) is 5.92 Å². The van der Waals surface area contributed by atoms with Crippen LogP contribution in [0.25, 0.3) is 0 Å². The van der Waals surface area contributed by atoms with Gasteiger partial charge in [-0.2, -0.15) is 0 Å². The van der Waals surface area contributed by atoms with Gasteiger partial charge >= 0.3 is 0 Å². The number of carbonyl (C=O) groups is 1. The largest absolute Gasteiger partial charge is 0.385 e. The summed E-state index contributed by atoms with van der Waals surface area (Å²) in [5.41, 5.74) is 2.47. The van der Waals surface area contributed by atoms with E-state index in [9.17, 15) is 4.79 Å². The highest BCUT2D eigenvalue weighted by Gasteiger charge is 2.25. The summed E-state index contributed by atoms with van der Waals surface area (Å²) in [5.74, 6) is 0.651. The Morgan fingerprint density at radius 1 is 1.48 bits per heavy atom. The minimum atomic E-state index is 0.0781. The van der Waals surface area contributed by atoms with E-state index in [1.165, 1.54) is 0 Å². The number of nitrogens with one attached hydrogen (secondary N) is 1. The van der Waals surface area contributed by atoms with Crippen LogP contribution < -0.4 is 5.32 Å². The van der Waals surface area contributed by atoms with Gasteiger partial charge in [0.15, 0.2) is 0 Å². The number of carbonyl (C=O) groups excluding carboxylic acids is 1. The Balaban J connectivity index is 2.07. The Morgan fingerprint density at radius 3 is 2.81 bits per heavy atom. The minimum Gasteiger partial charge on any atom is -0.385 e. The molecule has 116 valence electrons. The third kappa shape index (κ3) is 3.94. The van der Waals surface area contributed by atoms with Gasteiger partial charge in [0.25, 0.3) is 5.91 Å². The Kier molecular flexibility index (Phi) is 5.56. The number of hydrogen-bond acceptors (Lipinski definition) is 4. The Labute approximate surface area is 126 Å². The number of rotatable bonds is 5. The zero-order valence-electron chi connectivity index (χ0n) is 13.2. The number of hydrogen-bond donors (Lipinski definition) is 1. The van der Waals surface area contributed by atoms with E-state index in [1.54, 1.807) is 13.3 Å². The van der Waals surface area contributed by atoms with Crippen LogP contribution in [0.15, 0.2) is 12.3 Å². The number of aryl methyl sites for hydroxylation is 1. The van der Waals surface area contributed by atoms with E-state index in [-0.39, 0.29) is 5.91 Å². The zero-order chi connectivity index (χ0) is 15.2. The standard InChI is InChI=1S/C16H25N3O2/c1-4-17-15-9-12(2)18-10-14(15)16(20)19-7-5-13(6-8-19)11-21-3/h9-10,13H,4-8,11H2,1-3H3,(H,17,18). The first kappa shape index (κ1) is 15.8. The number of methoxy groups -OCH3 is 1. The van der Waals surface area contributed by atoms with Crippen molar-refractivity contribution in [3.63, 3.8) is 0 Å². The van der Waals surface area contributed by atoms with Crippen LogP contribution in [0, 0.1) is 12.8 Å². The lowest BCUT2D eigenvalue weighted by Crippen LogP contribution is -2.39. The van der Waals surface area contributed by atoms with Crippen LogP contribution in [0.1, 0.15) is 35.8 Å². The highest BCUT2D eigenvalue weighted by molar-refractivity contribution is 5.99. The molecule has 5 heteroatoms. The number of piperidine rings is 1. The Bertz CT molecular complexity index is 482. The molecule has 0 aromatic carbocycles. The first-order valence-corrected chi connectivity index (χ1v) is 7.64. The molecule has 2 rings (SSSR count). The fourth-order valence-electron chi connectivity index (χ4n) is 2.78. The highest BCUT2D eigenvalue weighted by Crippen LogP contribution is 2.22. The number of amides is 1. The van der Waals surface area contributed by atoms with Crippen molar-refractivity contribution in [2.45, 2.75) is 26.7 Å². The smallest absolute Gasteiger partial charge is 0.257 e. The second kappa shape index (κ2) is 7.41. The van der Waals surface area contributed by atoms with Gasteiger partial charge in [0.2, 0.25) is 0 Å². The van der Waals surface area contributed by atoms with Crippen LogP contribution in [0.5, 0.6) is 0 Å². The predicted molar refractivity (Wildman–Crippen MR) is 83.6 cm³/mol. The maximum absolute atomic E-state index is 12.7. The summed E-state index contributed by atoms with van der Waals surface area (Å²) in [6.45, 7) is 7.14. The molecular formula is C16H25N3O2. The van der Waals surface area contributed by atoms with E-state index < -0.39 is 0 Å². The molecule has 0 aliphatic carbocycles. The Morgan fingerprint density at radius 2 is 2.19 bits per heavy atom. The molecule has 0 atom stereocenters. The van der Waals surface area contributed by atoms with Gasteiger partial charge < -0.3 is 15.0 Å². The molecule has 1 aromatic rings. The molecule has 0 unspecified atom stereocenters. The third-order valence-electron chi connectivity index (χ3n) is 3.94. The van der Waals surface area contributed by atoms with Gasteiger partial charge in [-0.3, -0.25) is 9.78 Å². The van der Waals surface area contributed by atoms with E-state index in [2.05, 4.69) is 10.3 Å². The molecule has 1 aliphatic rings. The Hall–Kier alpha value is -1.62. The van der Waals surface area contributed by atoms with Crippen LogP contribution in [0.3, 0.4) is 0 Å². The van der Waals surface area contributed by atoms with E-state index in [4.69, 9.17) is 4.74 Å². The summed E-state index contributed by atoms with van der Waals surface area (Å²) in [4.78, 5) is 18.9. The number of nitrogens with zero attached hydrogens (tertiary/aromatic N) is 2. The zero-order valence-corrected chi connectivity index (χ0v) is 13.2. The van der Waals surface area contributed by atoms with Gasteiger partial charge in [-0.05, 0) is 38.7 Å². The lowest BCUT2D eigenvalue weighted by molar-refractivity contribution is 0.0614. The van der Waals surface area contributed by atoms with Crippen LogP contribution in [0.2, 0.25) is 0 Å². The van der Waals surface area contributed by atoms with Crippen LogP contribution in [0.4, 0.5) is 5.69 Å². The predicted octanol–water partition coefficient (Wildman–Crippen LogP) is 2.32. The fraction of sp³-hybridized carbons (Fsp3) is 0.625. The van der Waals surface area contributed by atoms with Gasteiger partial charge in [0.05, 0.1) is 11.3 Å². The number of aromatic nitrogens is 1. The van der Waals surface area contributed by atoms with Gasteiger partial charge in [0, 0.05) is 45.2 Å². The van der Waals surface area contributed by atoms with Crippen molar-refractivity contribution in [2.75, 3.05) is 38.7 Å². The molecule has 1 aromatic heterocycles. The van der Waals surface area contributed by atoms with Crippen molar-refractivity contribution in [1.82, 2.24) is 9.88 Å².